The number of fused-ring (bicyclic) bond motifs is 1. The van der Waals surface area contributed by atoms with E-state index < -0.39 is 0 Å². The van der Waals surface area contributed by atoms with Crippen LogP contribution in [0.3, 0.4) is 0 Å². The van der Waals surface area contributed by atoms with E-state index >= 15 is 0 Å². The normalized spacial score (nSPS) is 11.2. The Labute approximate surface area is 142 Å². The number of alkyl halides is 1. The molecule has 1 heterocycles. The van der Waals surface area contributed by atoms with Crippen LogP contribution in [-0.4, -0.2) is 15.4 Å². The van der Waals surface area contributed by atoms with Gasteiger partial charge in [-0.15, -0.1) is 11.6 Å². The van der Waals surface area contributed by atoms with Crippen LogP contribution in [0.4, 0.5) is 0 Å². The van der Waals surface area contributed by atoms with Gasteiger partial charge in [-0.05, 0) is 30.3 Å². The van der Waals surface area contributed by atoms with Crippen molar-refractivity contribution in [3.63, 3.8) is 0 Å². The maximum absolute atomic E-state index is 6.14. The van der Waals surface area contributed by atoms with Crippen molar-refractivity contribution < 1.29 is 0 Å². The molecule has 21 heavy (non-hydrogen) atoms. The first-order valence-corrected chi connectivity index (χ1v) is 7.95. The minimum Gasteiger partial charge on any atom is -0.296 e. The summed E-state index contributed by atoms with van der Waals surface area (Å²) in [6.45, 7) is 0. The summed E-state index contributed by atoms with van der Waals surface area (Å²) < 4.78 is 2.01. The van der Waals surface area contributed by atoms with Gasteiger partial charge in [-0.1, -0.05) is 40.9 Å². The van der Waals surface area contributed by atoms with Crippen LogP contribution in [0.25, 0.3) is 16.7 Å². The van der Waals surface area contributed by atoms with Gasteiger partial charge in [0.25, 0.3) is 0 Å². The highest BCUT2D eigenvalue weighted by Gasteiger charge is 2.14. The highest BCUT2D eigenvalue weighted by atomic mass is 35.5. The Balaban J connectivity index is 2.32. The zero-order valence-electron chi connectivity index (χ0n) is 10.8. The smallest absolute Gasteiger partial charge is 0.115 e. The fraction of sp³-hybridized carbons (Fsp3) is 0.133. The van der Waals surface area contributed by atoms with Crippen LogP contribution in [0.2, 0.25) is 15.1 Å². The van der Waals surface area contributed by atoms with Gasteiger partial charge >= 0.3 is 0 Å². The molecule has 0 saturated heterocycles. The van der Waals surface area contributed by atoms with Crippen LogP contribution in [0.15, 0.2) is 36.4 Å². The van der Waals surface area contributed by atoms with E-state index in [1.165, 1.54) is 0 Å². The number of halogens is 4. The van der Waals surface area contributed by atoms with Crippen molar-refractivity contribution in [2.45, 2.75) is 6.42 Å². The Morgan fingerprint density at radius 3 is 2.48 bits per heavy atom. The molecular weight excluding hydrogens is 350 g/mol. The molecule has 0 bridgehead atoms. The molecule has 0 N–H and O–H groups in total. The summed E-state index contributed by atoms with van der Waals surface area (Å²) in [5.74, 6) is 1.33. The molecule has 0 aliphatic heterocycles. The highest BCUT2D eigenvalue weighted by molar-refractivity contribution is 6.42. The van der Waals surface area contributed by atoms with Gasteiger partial charge in [0, 0.05) is 23.0 Å². The van der Waals surface area contributed by atoms with E-state index in [-0.39, 0.29) is 0 Å². The maximum atomic E-state index is 6.14. The van der Waals surface area contributed by atoms with Crippen molar-refractivity contribution in [2.75, 3.05) is 5.88 Å². The Bertz CT molecular complexity index is 811. The fourth-order valence-electron chi connectivity index (χ4n) is 2.28. The zero-order valence-corrected chi connectivity index (χ0v) is 13.8. The minimum atomic E-state index is 0.478. The van der Waals surface area contributed by atoms with E-state index in [9.17, 15) is 0 Å². The highest BCUT2D eigenvalue weighted by Crippen LogP contribution is 2.31. The van der Waals surface area contributed by atoms with Gasteiger partial charge in [-0.3, -0.25) is 4.57 Å². The Hall–Kier alpha value is -0.930. The largest absolute Gasteiger partial charge is 0.296 e. The predicted octanol–water partition coefficient (Wildman–Crippen LogP) is 5.77. The van der Waals surface area contributed by atoms with Crippen LogP contribution in [0.1, 0.15) is 5.82 Å². The maximum Gasteiger partial charge on any atom is 0.115 e. The van der Waals surface area contributed by atoms with E-state index in [0.29, 0.717) is 27.4 Å². The van der Waals surface area contributed by atoms with Crippen molar-refractivity contribution in [1.29, 1.82) is 0 Å². The second-order valence-corrected chi connectivity index (χ2v) is 6.17. The molecule has 0 fully saturated rings. The molecule has 0 radical (unpaired) electrons. The topological polar surface area (TPSA) is 17.8 Å². The average Bonchev–Trinajstić information content (AvgIpc) is 2.77. The first kappa shape index (κ1) is 15.0. The first-order valence-electron chi connectivity index (χ1n) is 6.28. The van der Waals surface area contributed by atoms with E-state index in [1.807, 2.05) is 34.9 Å². The molecule has 0 atom stereocenters. The molecule has 0 saturated carbocycles. The number of rotatable bonds is 3. The number of aryl methyl sites for hydroxylation is 1. The van der Waals surface area contributed by atoms with Crippen LogP contribution in [0, 0.1) is 0 Å². The summed E-state index contributed by atoms with van der Waals surface area (Å²) in [6, 6.07) is 11.1. The molecule has 0 unspecified atom stereocenters. The van der Waals surface area contributed by atoms with Gasteiger partial charge in [0.2, 0.25) is 0 Å². The third kappa shape index (κ3) is 2.86. The van der Waals surface area contributed by atoms with Crippen molar-refractivity contribution in [2.24, 2.45) is 0 Å². The predicted molar refractivity (Wildman–Crippen MR) is 90.5 cm³/mol. The number of hydrogen-bond donors (Lipinski definition) is 0. The second-order valence-electron chi connectivity index (χ2n) is 4.54. The van der Waals surface area contributed by atoms with Gasteiger partial charge in [-0.25, -0.2) is 4.98 Å². The van der Waals surface area contributed by atoms with Crippen LogP contribution in [0.5, 0.6) is 0 Å². The van der Waals surface area contributed by atoms with Crippen LogP contribution < -0.4 is 0 Å². The minimum absolute atomic E-state index is 0.478. The Morgan fingerprint density at radius 2 is 1.76 bits per heavy atom. The van der Waals surface area contributed by atoms with E-state index in [2.05, 4.69) is 4.98 Å². The summed E-state index contributed by atoms with van der Waals surface area (Å²) in [5.41, 5.74) is 2.58. The van der Waals surface area contributed by atoms with Gasteiger partial charge in [-0.2, -0.15) is 0 Å². The number of nitrogens with zero attached hydrogens (tertiary/aromatic N) is 2. The summed E-state index contributed by atoms with van der Waals surface area (Å²) in [5, 5.41) is 1.63. The van der Waals surface area contributed by atoms with Crippen molar-refractivity contribution in [1.82, 2.24) is 9.55 Å². The van der Waals surface area contributed by atoms with Gasteiger partial charge < -0.3 is 0 Å². The summed E-state index contributed by atoms with van der Waals surface area (Å²) in [6.07, 6.45) is 0.637. The van der Waals surface area contributed by atoms with Crippen molar-refractivity contribution in [3.05, 3.63) is 57.3 Å². The molecule has 0 aliphatic carbocycles. The molecule has 0 amide bonds. The van der Waals surface area contributed by atoms with Gasteiger partial charge in [0.1, 0.15) is 5.82 Å². The van der Waals surface area contributed by atoms with Crippen molar-refractivity contribution >= 4 is 57.4 Å². The second kappa shape index (κ2) is 6.05. The van der Waals surface area contributed by atoms with Gasteiger partial charge in [0.15, 0.2) is 0 Å². The third-order valence-corrected chi connectivity index (χ3v) is 4.30. The molecule has 2 aromatic carbocycles. The fourth-order valence-corrected chi connectivity index (χ4v) is 2.95. The number of imidazole rings is 1. The molecule has 3 aromatic rings. The van der Waals surface area contributed by atoms with E-state index in [1.54, 1.807) is 6.07 Å². The molecular formula is C15H10Cl4N2. The van der Waals surface area contributed by atoms with E-state index in [4.69, 9.17) is 46.4 Å². The van der Waals surface area contributed by atoms with Crippen LogP contribution in [-0.2, 0) is 6.42 Å². The number of benzene rings is 2. The Morgan fingerprint density at radius 1 is 1.00 bits per heavy atom. The summed E-state index contributed by atoms with van der Waals surface area (Å²) in [4.78, 5) is 4.60. The molecule has 3 rings (SSSR count). The SMILES string of the molecule is ClCCc1nc2cc(Cl)c(Cl)cc2n1-c1cccc(Cl)c1. The average molecular weight is 360 g/mol. The van der Waals surface area contributed by atoms with E-state index in [0.717, 1.165) is 22.5 Å². The molecule has 108 valence electrons. The molecule has 6 heteroatoms. The number of aromatic nitrogens is 2. The lowest BCUT2D eigenvalue weighted by molar-refractivity contribution is 0.912. The monoisotopic (exact) mass is 358 g/mol. The van der Waals surface area contributed by atoms with Crippen LogP contribution >= 0.6 is 46.4 Å². The van der Waals surface area contributed by atoms with Crippen molar-refractivity contribution in [3.8, 4) is 5.69 Å². The lowest BCUT2D eigenvalue weighted by Crippen LogP contribution is -2.02. The molecule has 0 spiro atoms. The first-order chi connectivity index (χ1) is 10.1. The summed E-state index contributed by atoms with van der Waals surface area (Å²) in [7, 11) is 0. The third-order valence-electron chi connectivity index (χ3n) is 3.15. The summed E-state index contributed by atoms with van der Waals surface area (Å²) >= 11 is 24.2. The Kier molecular flexibility index (Phi) is 4.32. The molecule has 1 aromatic heterocycles. The quantitative estimate of drug-likeness (QED) is 0.543. The standard InChI is InChI=1S/C15H10Cl4N2/c16-5-4-15-20-13-7-11(18)12(19)8-14(13)21(15)10-3-1-2-9(17)6-10/h1-3,6-8H,4-5H2. The van der Waals surface area contributed by atoms with Gasteiger partial charge in [0.05, 0.1) is 21.1 Å². The molecule has 2 nitrogen and oxygen atoms in total. The lowest BCUT2D eigenvalue weighted by Gasteiger charge is -2.09. The molecule has 0 aliphatic rings. The number of hydrogen-bond acceptors (Lipinski definition) is 1. The zero-order chi connectivity index (χ0) is 15.0. The lowest BCUT2D eigenvalue weighted by atomic mass is 10.2.